The molecular weight excluding hydrogens is 264 g/mol. The molecule has 3 N–H and O–H groups in total. The first-order valence-corrected chi connectivity index (χ1v) is 7.98. The number of phenols is 1. The third-order valence-electron chi connectivity index (χ3n) is 5.54. The van der Waals surface area contributed by atoms with Gasteiger partial charge in [0.2, 0.25) is 0 Å². The highest BCUT2D eigenvalue weighted by atomic mass is 16.3. The number of carbonyl (C=O) groups is 1. The standard InChI is InChI=1S/C17H22N2O2/c20-15-3-1-14(2-4-15)18-16(21)19-17-8-11-5-12(9-17)7-13(6-11)10-17/h1-4,11-13,20H,5-10H2,(H2,18,19,21). The van der Waals surface area contributed by atoms with E-state index in [-0.39, 0.29) is 17.3 Å². The van der Waals surface area contributed by atoms with Gasteiger partial charge in [-0.2, -0.15) is 0 Å². The Morgan fingerprint density at radius 2 is 1.52 bits per heavy atom. The summed E-state index contributed by atoms with van der Waals surface area (Å²) in [6.07, 6.45) is 7.59. The first-order chi connectivity index (χ1) is 10.1. The van der Waals surface area contributed by atoms with E-state index in [9.17, 15) is 9.90 Å². The summed E-state index contributed by atoms with van der Waals surface area (Å²) in [5.41, 5.74) is 0.755. The van der Waals surface area contributed by atoms with Crippen LogP contribution in [0.5, 0.6) is 5.75 Å². The van der Waals surface area contributed by atoms with Crippen molar-refractivity contribution in [1.29, 1.82) is 0 Å². The van der Waals surface area contributed by atoms with Gasteiger partial charge in [-0.25, -0.2) is 4.79 Å². The van der Waals surface area contributed by atoms with Gasteiger partial charge in [-0.3, -0.25) is 0 Å². The fourth-order valence-electron chi connectivity index (χ4n) is 5.21. The van der Waals surface area contributed by atoms with E-state index in [0.29, 0.717) is 0 Å². The highest BCUT2D eigenvalue weighted by Crippen LogP contribution is 2.55. The van der Waals surface area contributed by atoms with Crippen LogP contribution in [0.2, 0.25) is 0 Å². The van der Waals surface area contributed by atoms with E-state index >= 15 is 0 Å². The maximum absolute atomic E-state index is 12.3. The molecule has 0 radical (unpaired) electrons. The fourth-order valence-corrected chi connectivity index (χ4v) is 5.21. The predicted octanol–water partition coefficient (Wildman–Crippen LogP) is 3.48. The lowest BCUT2D eigenvalue weighted by Gasteiger charge is -2.56. The predicted molar refractivity (Wildman–Crippen MR) is 81.2 cm³/mol. The number of anilines is 1. The van der Waals surface area contributed by atoms with E-state index in [1.165, 1.54) is 19.3 Å². The number of carbonyl (C=O) groups excluding carboxylic acids is 1. The topological polar surface area (TPSA) is 61.4 Å². The Kier molecular flexibility index (Phi) is 2.88. The Hall–Kier alpha value is -1.71. The molecule has 5 rings (SSSR count). The maximum Gasteiger partial charge on any atom is 0.319 e. The van der Waals surface area contributed by atoms with Crippen molar-refractivity contribution in [2.24, 2.45) is 17.8 Å². The number of amides is 2. The monoisotopic (exact) mass is 286 g/mol. The molecule has 2 amide bonds. The second kappa shape index (κ2) is 4.65. The smallest absolute Gasteiger partial charge is 0.319 e. The second-order valence-corrected chi connectivity index (χ2v) is 7.32. The van der Waals surface area contributed by atoms with Crippen LogP contribution in [0.25, 0.3) is 0 Å². The zero-order valence-electron chi connectivity index (χ0n) is 12.1. The number of rotatable bonds is 2. The molecule has 4 bridgehead atoms. The molecule has 4 aliphatic rings. The molecule has 21 heavy (non-hydrogen) atoms. The number of nitrogens with one attached hydrogen (secondary N) is 2. The molecule has 0 saturated heterocycles. The number of urea groups is 1. The van der Waals surface area contributed by atoms with Gasteiger partial charge >= 0.3 is 6.03 Å². The molecule has 1 aromatic rings. The minimum atomic E-state index is -0.109. The molecule has 4 aliphatic carbocycles. The lowest BCUT2D eigenvalue weighted by atomic mass is 9.53. The average molecular weight is 286 g/mol. The van der Waals surface area contributed by atoms with E-state index < -0.39 is 0 Å². The Morgan fingerprint density at radius 3 is 2.05 bits per heavy atom. The summed E-state index contributed by atoms with van der Waals surface area (Å²) < 4.78 is 0. The van der Waals surface area contributed by atoms with Crippen LogP contribution in [0.1, 0.15) is 38.5 Å². The Bertz CT molecular complexity index is 517. The SMILES string of the molecule is O=C(Nc1ccc(O)cc1)NC12CC3CC(CC(C3)C1)C2. The highest BCUT2D eigenvalue weighted by Gasteiger charge is 2.51. The van der Waals surface area contributed by atoms with Crippen molar-refractivity contribution in [3.8, 4) is 5.75 Å². The highest BCUT2D eigenvalue weighted by molar-refractivity contribution is 5.89. The summed E-state index contributed by atoms with van der Waals surface area (Å²) in [6, 6.07) is 6.49. The molecule has 4 saturated carbocycles. The molecule has 0 aliphatic heterocycles. The third-order valence-corrected chi connectivity index (χ3v) is 5.54. The van der Waals surface area contributed by atoms with Crippen molar-refractivity contribution in [3.63, 3.8) is 0 Å². The Balaban J connectivity index is 1.43. The lowest BCUT2D eigenvalue weighted by Crippen LogP contribution is -2.60. The van der Waals surface area contributed by atoms with Crippen molar-refractivity contribution in [2.75, 3.05) is 5.32 Å². The summed E-state index contributed by atoms with van der Waals surface area (Å²) in [4.78, 5) is 12.3. The van der Waals surface area contributed by atoms with Crippen LogP contribution >= 0.6 is 0 Å². The van der Waals surface area contributed by atoms with Crippen LogP contribution in [-0.2, 0) is 0 Å². The summed E-state index contributed by atoms with van der Waals surface area (Å²) in [7, 11) is 0. The van der Waals surface area contributed by atoms with Crippen LogP contribution in [0.15, 0.2) is 24.3 Å². The molecule has 1 aromatic carbocycles. The van der Waals surface area contributed by atoms with Gasteiger partial charge in [0, 0.05) is 11.2 Å². The van der Waals surface area contributed by atoms with Gasteiger partial charge in [-0.15, -0.1) is 0 Å². The normalized spacial score (nSPS) is 36.5. The van der Waals surface area contributed by atoms with Crippen molar-refractivity contribution in [2.45, 2.75) is 44.1 Å². The molecule has 4 heteroatoms. The van der Waals surface area contributed by atoms with E-state index in [4.69, 9.17) is 0 Å². The van der Waals surface area contributed by atoms with Gasteiger partial charge < -0.3 is 15.7 Å². The maximum atomic E-state index is 12.3. The molecule has 0 spiro atoms. The number of hydrogen-bond acceptors (Lipinski definition) is 2. The molecule has 4 nitrogen and oxygen atoms in total. The van der Waals surface area contributed by atoms with E-state index in [1.807, 2.05) is 0 Å². The lowest BCUT2D eigenvalue weighted by molar-refractivity contribution is -0.0127. The van der Waals surface area contributed by atoms with Gasteiger partial charge in [0.25, 0.3) is 0 Å². The van der Waals surface area contributed by atoms with E-state index in [0.717, 1.165) is 42.7 Å². The molecule has 0 unspecified atom stereocenters. The van der Waals surface area contributed by atoms with E-state index in [1.54, 1.807) is 24.3 Å². The molecule has 4 fully saturated rings. The molecule has 0 heterocycles. The van der Waals surface area contributed by atoms with Gasteiger partial charge in [0.15, 0.2) is 0 Å². The summed E-state index contributed by atoms with van der Waals surface area (Å²) in [5.74, 6) is 2.68. The summed E-state index contributed by atoms with van der Waals surface area (Å²) in [6.45, 7) is 0. The van der Waals surface area contributed by atoms with Gasteiger partial charge in [-0.1, -0.05) is 0 Å². The Morgan fingerprint density at radius 1 is 1.00 bits per heavy atom. The first kappa shape index (κ1) is 13.0. The summed E-state index contributed by atoms with van der Waals surface area (Å²) in [5, 5.41) is 15.4. The number of phenolic OH excluding ortho intramolecular Hbond substituents is 1. The fraction of sp³-hybridized carbons (Fsp3) is 0.588. The average Bonchev–Trinajstić information content (AvgIpc) is 2.39. The van der Waals surface area contributed by atoms with Crippen molar-refractivity contribution < 1.29 is 9.90 Å². The number of aromatic hydroxyl groups is 1. The van der Waals surface area contributed by atoms with Gasteiger partial charge in [0.1, 0.15) is 5.75 Å². The van der Waals surface area contributed by atoms with Gasteiger partial charge in [-0.05, 0) is 80.5 Å². The van der Waals surface area contributed by atoms with E-state index in [2.05, 4.69) is 10.6 Å². The first-order valence-electron chi connectivity index (χ1n) is 7.98. The van der Waals surface area contributed by atoms with Crippen LogP contribution in [-0.4, -0.2) is 16.7 Å². The minimum absolute atomic E-state index is 0.0375. The van der Waals surface area contributed by atoms with Gasteiger partial charge in [0.05, 0.1) is 0 Å². The summed E-state index contributed by atoms with van der Waals surface area (Å²) >= 11 is 0. The third kappa shape index (κ3) is 2.47. The van der Waals surface area contributed by atoms with Crippen LogP contribution < -0.4 is 10.6 Å². The molecule has 0 atom stereocenters. The molecule has 112 valence electrons. The quantitative estimate of drug-likeness (QED) is 0.729. The molecule has 0 aromatic heterocycles. The number of benzene rings is 1. The number of hydrogen-bond donors (Lipinski definition) is 3. The van der Waals surface area contributed by atoms with Crippen LogP contribution in [0.4, 0.5) is 10.5 Å². The molecular formula is C17H22N2O2. The van der Waals surface area contributed by atoms with Crippen molar-refractivity contribution in [1.82, 2.24) is 5.32 Å². The zero-order chi connectivity index (χ0) is 14.4. The zero-order valence-corrected chi connectivity index (χ0v) is 12.1. The van der Waals surface area contributed by atoms with Crippen molar-refractivity contribution >= 4 is 11.7 Å². The minimum Gasteiger partial charge on any atom is -0.508 e. The van der Waals surface area contributed by atoms with Crippen LogP contribution in [0.3, 0.4) is 0 Å². The van der Waals surface area contributed by atoms with Crippen molar-refractivity contribution in [3.05, 3.63) is 24.3 Å². The Labute approximate surface area is 124 Å². The second-order valence-electron chi connectivity index (χ2n) is 7.32. The van der Waals surface area contributed by atoms with Crippen LogP contribution in [0, 0.1) is 17.8 Å². The largest absolute Gasteiger partial charge is 0.508 e.